The summed E-state index contributed by atoms with van der Waals surface area (Å²) in [6.45, 7) is 3.09. The lowest BCUT2D eigenvalue weighted by Crippen LogP contribution is -2.37. The Morgan fingerprint density at radius 3 is 2.69 bits per heavy atom. The summed E-state index contributed by atoms with van der Waals surface area (Å²) >= 11 is 0. The van der Waals surface area contributed by atoms with E-state index in [9.17, 15) is 4.79 Å². The fraction of sp³-hybridized carbons (Fsp3) is 0.462. The second-order valence-corrected chi connectivity index (χ2v) is 4.28. The predicted octanol–water partition coefficient (Wildman–Crippen LogP) is 1.65. The Kier molecular flexibility index (Phi) is 3.13. The Balaban J connectivity index is 2.13. The lowest BCUT2D eigenvalue weighted by atomic mass is 10.0. The van der Waals surface area contributed by atoms with E-state index in [2.05, 4.69) is 29.3 Å². The molecule has 2 atom stereocenters. The number of carbonyl (C=O) groups is 1. The van der Waals surface area contributed by atoms with Gasteiger partial charge in [0.2, 0.25) is 5.91 Å². The smallest absolute Gasteiger partial charge is 0.224 e. The second kappa shape index (κ2) is 4.56. The van der Waals surface area contributed by atoms with Crippen LogP contribution < -0.4 is 10.2 Å². The number of benzene rings is 1. The largest absolute Gasteiger partial charge is 0.368 e. The molecule has 1 aliphatic heterocycles. The zero-order chi connectivity index (χ0) is 11.5. The number of hydrogen-bond donors (Lipinski definition) is 1. The Bertz CT molecular complexity index is 363. The van der Waals surface area contributed by atoms with Gasteiger partial charge in [-0.25, -0.2) is 0 Å². The predicted molar refractivity (Wildman–Crippen MR) is 65.4 cm³/mol. The van der Waals surface area contributed by atoms with Crippen molar-refractivity contribution >= 4 is 11.6 Å². The molecular formula is C13H18N2O. The fourth-order valence-corrected chi connectivity index (χ4v) is 2.46. The van der Waals surface area contributed by atoms with Crippen LogP contribution in [0.5, 0.6) is 0 Å². The maximum absolute atomic E-state index is 11.7. The van der Waals surface area contributed by atoms with E-state index >= 15 is 0 Å². The van der Waals surface area contributed by atoms with Crippen molar-refractivity contribution in [3.63, 3.8) is 0 Å². The molecule has 3 heteroatoms. The van der Waals surface area contributed by atoms with Crippen LogP contribution in [-0.4, -0.2) is 25.5 Å². The van der Waals surface area contributed by atoms with Crippen molar-refractivity contribution < 1.29 is 4.79 Å². The molecule has 1 aromatic rings. The highest BCUT2D eigenvalue weighted by Gasteiger charge is 2.34. The molecule has 0 spiro atoms. The Hall–Kier alpha value is -1.51. The van der Waals surface area contributed by atoms with Gasteiger partial charge in [0.15, 0.2) is 0 Å². The molecule has 2 rings (SSSR count). The van der Waals surface area contributed by atoms with Gasteiger partial charge in [0.05, 0.1) is 5.92 Å². The molecule has 0 bridgehead atoms. The van der Waals surface area contributed by atoms with Crippen molar-refractivity contribution in [2.45, 2.75) is 19.4 Å². The molecule has 1 fully saturated rings. The van der Waals surface area contributed by atoms with Gasteiger partial charge in [0, 0.05) is 25.3 Å². The maximum Gasteiger partial charge on any atom is 0.224 e. The van der Waals surface area contributed by atoms with Crippen molar-refractivity contribution in [2.24, 2.45) is 5.92 Å². The Morgan fingerprint density at radius 1 is 1.38 bits per heavy atom. The van der Waals surface area contributed by atoms with E-state index in [1.807, 2.05) is 18.2 Å². The van der Waals surface area contributed by atoms with E-state index in [4.69, 9.17) is 0 Å². The van der Waals surface area contributed by atoms with Crippen LogP contribution in [0, 0.1) is 5.92 Å². The number of nitrogens with one attached hydrogen (secondary N) is 1. The topological polar surface area (TPSA) is 32.3 Å². The van der Waals surface area contributed by atoms with Crippen molar-refractivity contribution in [1.29, 1.82) is 0 Å². The van der Waals surface area contributed by atoms with Crippen LogP contribution in [0.2, 0.25) is 0 Å². The zero-order valence-corrected chi connectivity index (χ0v) is 9.81. The van der Waals surface area contributed by atoms with Gasteiger partial charge < -0.3 is 10.2 Å². The highest BCUT2D eigenvalue weighted by Crippen LogP contribution is 2.29. The molecule has 16 heavy (non-hydrogen) atoms. The molecule has 0 aliphatic carbocycles. The SMILES string of the molecule is CNC(=O)C1CCN(c2ccccc2)C1C. The number of hydrogen-bond acceptors (Lipinski definition) is 2. The molecule has 2 unspecified atom stereocenters. The lowest BCUT2D eigenvalue weighted by Gasteiger charge is -2.26. The molecular weight excluding hydrogens is 200 g/mol. The van der Waals surface area contributed by atoms with E-state index < -0.39 is 0 Å². The highest BCUT2D eigenvalue weighted by atomic mass is 16.1. The fourth-order valence-electron chi connectivity index (χ4n) is 2.46. The standard InChI is InChI=1S/C13H18N2O/c1-10-12(13(16)14-2)8-9-15(10)11-6-4-3-5-7-11/h3-7,10,12H,8-9H2,1-2H3,(H,14,16). The number of rotatable bonds is 2. The third kappa shape index (κ3) is 1.90. The molecule has 0 radical (unpaired) electrons. The zero-order valence-electron chi connectivity index (χ0n) is 9.81. The van der Waals surface area contributed by atoms with Crippen molar-refractivity contribution in [1.82, 2.24) is 5.32 Å². The van der Waals surface area contributed by atoms with Gasteiger partial charge in [-0.05, 0) is 25.5 Å². The summed E-state index contributed by atoms with van der Waals surface area (Å²) in [5.41, 5.74) is 1.21. The Labute approximate surface area is 96.5 Å². The minimum Gasteiger partial charge on any atom is -0.368 e. The van der Waals surface area contributed by atoms with E-state index in [0.717, 1.165) is 13.0 Å². The summed E-state index contributed by atoms with van der Waals surface area (Å²) in [5.74, 6) is 0.274. The molecule has 1 aromatic carbocycles. The van der Waals surface area contributed by atoms with Crippen molar-refractivity contribution in [3.05, 3.63) is 30.3 Å². The maximum atomic E-state index is 11.7. The first-order valence-corrected chi connectivity index (χ1v) is 5.77. The first-order valence-electron chi connectivity index (χ1n) is 5.77. The average Bonchev–Trinajstić information content (AvgIpc) is 2.71. The summed E-state index contributed by atoms with van der Waals surface area (Å²) in [6, 6.07) is 10.6. The second-order valence-electron chi connectivity index (χ2n) is 4.28. The summed E-state index contributed by atoms with van der Waals surface area (Å²) in [5, 5.41) is 2.74. The van der Waals surface area contributed by atoms with E-state index in [0.29, 0.717) is 0 Å². The van der Waals surface area contributed by atoms with Gasteiger partial charge in [-0.15, -0.1) is 0 Å². The van der Waals surface area contributed by atoms with Gasteiger partial charge in [-0.3, -0.25) is 4.79 Å². The van der Waals surface area contributed by atoms with Crippen LogP contribution in [0.4, 0.5) is 5.69 Å². The first kappa shape index (κ1) is 11.0. The van der Waals surface area contributed by atoms with Gasteiger partial charge in [0.1, 0.15) is 0 Å². The third-order valence-corrected chi connectivity index (χ3v) is 3.43. The molecule has 0 aromatic heterocycles. The average molecular weight is 218 g/mol. The molecule has 1 saturated heterocycles. The van der Waals surface area contributed by atoms with Gasteiger partial charge >= 0.3 is 0 Å². The van der Waals surface area contributed by atoms with Crippen LogP contribution in [-0.2, 0) is 4.79 Å². The Morgan fingerprint density at radius 2 is 2.06 bits per heavy atom. The number of anilines is 1. The number of para-hydroxylation sites is 1. The van der Waals surface area contributed by atoms with E-state index in [1.165, 1.54) is 5.69 Å². The molecule has 1 amide bonds. The van der Waals surface area contributed by atoms with Crippen molar-refractivity contribution in [2.75, 3.05) is 18.5 Å². The molecule has 0 saturated carbocycles. The van der Waals surface area contributed by atoms with Crippen LogP contribution in [0.1, 0.15) is 13.3 Å². The van der Waals surface area contributed by atoms with E-state index in [1.54, 1.807) is 7.05 Å². The molecule has 1 aliphatic rings. The monoisotopic (exact) mass is 218 g/mol. The van der Waals surface area contributed by atoms with Gasteiger partial charge in [0.25, 0.3) is 0 Å². The molecule has 1 N–H and O–H groups in total. The summed E-state index contributed by atoms with van der Waals surface area (Å²) in [6.07, 6.45) is 0.940. The molecule has 86 valence electrons. The number of nitrogens with zero attached hydrogens (tertiary/aromatic N) is 1. The number of carbonyl (C=O) groups excluding carboxylic acids is 1. The lowest BCUT2D eigenvalue weighted by molar-refractivity contribution is -0.124. The first-order chi connectivity index (χ1) is 7.74. The summed E-state index contributed by atoms with van der Waals surface area (Å²) in [7, 11) is 1.71. The van der Waals surface area contributed by atoms with Gasteiger partial charge in [-0.2, -0.15) is 0 Å². The minimum absolute atomic E-state index is 0.116. The normalized spacial score (nSPS) is 24.5. The third-order valence-electron chi connectivity index (χ3n) is 3.43. The van der Waals surface area contributed by atoms with Crippen LogP contribution >= 0.6 is 0 Å². The molecule has 1 heterocycles. The van der Waals surface area contributed by atoms with Crippen LogP contribution in [0.3, 0.4) is 0 Å². The molecule has 3 nitrogen and oxygen atoms in total. The minimum atomic E-state index is 0.116. The summed E-state index contributed by atoms with van der Waals surface area (Å²) in [4.78, 5) is 14.0. The quantitative estimate of drug-likeness (QED) is 0.818. The van der Waals surface area contributed by atoms with Crippen LogP contribution in [0.15, 0.2) is 30.3 Å². The highest BCUT2D eigenvalue weighted by molar-refractivity contribution is 5.80. The summed E-state index contributed by atoms with van der Waals surface area (Å²) < 4.78 is 0. The number of amides is 1. The van der Waals surface area contributed by atoms with Gasteiger partial charge in [-0.1, -0.05) is 18.2 Å². The van der Waals surface area contributed by atoms with E-state index in [-0.39, 0.29) is 17.9 Å². The van der Waals surface area contributed by atoms with Crippen LogP contribution in [0.25, 0.3) is 0 Å². The van der Waals surface area contributed by atoms with Crippen molar-refractivity contribution in [3.8, 4) is 0 Å².